The molecule has 3 heterocycles. The molecule has 1 aromatic carbocycles. The summed E-state index contributed by atoms with van der Waals surface area (Å²) < 4.78 is 5.49. The molecular weight excluding hydrogens is 350 g/mol. The van der Waals surface area contributed by atoms with Gasteiger partial charge in [-0.25, -0.2) is 4.98 Å². The number of rotatable bonds is 3. The Kier molecular flexibility index (Phi) is 4.32. The standard InChI is InChI=1S/C23H23N3O2/c27-22(25-17-13-23(14-17)7-10-28-11-8-23)19-12-21(16-4-3-9-24-15-16)26-20-6-2-1-5-18(19)20/h1-6,9,12,15,17H,7-8,10-11,13-14H2,(H,25,27). The van der Waals surface area contributed by atoms with E-state index in [1.807, 2.05) is 42.5 Å². The molecule has 142 valence electrons. The fourth-order valence-electron chi connectivity index (χ4n) is 4.59. The number of hydrogen-bond donors (Lipinski definition) is 1. The molecule has 0 unspecified atom stereocenters. The van der Waals surface area contributed by atoms with Crippen LogP contribution in [0.15, 0.2) is 54.9 Å². The van der Waals surface area contributed by atoms with Crippen molar-refractivity contribution in [3.05, 3.63) is 60.4 Å². The Bertz CT molecular complexity index is 1000. The van der Waals surface area contributed by atoms with Gasteiger partial charge in [-0.05, 0) is 55.4 Å². The van der Waals surface area contributed by atoms with Gasteiger partial charge in [0.05, 0.1) is 16.8 Å². The molecule has 1 spiro atoms. The Hall–Kier alpha value is -2.79. The van der Waals surface area contributed by atoms with Crippen LogP contribution >= 0.6 is 0 Å². The molecule has 5 heteroatoms. The lowest BCUT2D eigenvalue weighted by Crippen LogP contribution is -2.52. The molecule has 1 aliphatic heterocycles. The van der Waals surface area contributed by atoms with E-state index >= 15 is 0 Å². The first-order chi connectivity index (χ1) is 13.7. The first-order valence-electron chi connectivity index (χ1n) is 9.91. The second kappa shape index (κ2) is 6.99. The van der Waals surface area contributed by atoms with Gasteiger partial charge in [0, 0.05) is 42.6 Å². The van der Waals surface area contributed by atoms with Crippen LogP contribution in [0.1, 0.15) is 36.0 Å². The second-order valence-corrected chi connectivity index (χ2v) is 8.00. The van der Waals surface area contributed by atoms with Gasteiger partial charge in [-0.1, -0.05) is 18.2 Å². The number of hydrogen-bond acceptors (Lipinski definition) is 4. The number of nitrogens with zero attached hydrogens (tertiary/aromatic N) is 2. The van der Waals surface area contributed by atoms with E-state index in [-0.39, 0.29) is 11.9 Å². The summed E-state index contributed by atoms with van der Waals surface area (Å²) in [6, 6.07) is 13.8. The number of fused-ring (bicyclic) bond motifs is 1. The monoisotopic (exact) mass is 373 g/mol. The Morgan fingerprint density at radius 1 is 1.11 bits per heavy atom. The fourth-order valence-corrected chi connectivity index (χ4v) is 4.59. The average molecular weight is 373 g/mol. The quantitative estimate of drug-likeness (QED) is 0.754. The first kappa shape index (κ1) is 17.3. The molecule has 1 aliphatic carbocycles. The van der Waals surface area contributed by atoms with E-state index in [1.54, 1.807) is 12.4 Å². The number of para-hydroxylation sites is 1. The van der Waals surface area contributed by atoms with E-state index in [0.29, 0.717) is 11.0 Å². The van der Waals surface area contributed by atoms with Gasteiger partial charge in [0.15, 0.2) is 0 Å². The van der Waals surface area contributed by atoms with Gasteiger partial charge in [0.25, 0.3) is 5.91 Å². The molecule has 1 saturated carbocycles. The molecule has 1 N–H and O–H groups in total. The summed E-state index contributed by atoms with van der Waals surface area (Å²) >= 11 is 0. The number of pyridine rings is 2. The van der Waals surface area contributed by atoms with Crippen molar-refractivity contribution in [2.24, 2.45) is 5.41 Å². The summed E-state index contributed by atoms with van der Waals surface area (Å²) in [6.45, 7) is 1.70. The maximum Gasteiger partial charge on any atom is 0.252 e. The van der Waals surface area contributed by atoms with Crippen molar-refractivity contribution >= 4 is 16.8 Å². The molecule has 1 amide bonds. The summed E-state index contributed by atoms with van der Waals surface area (Å²) in [6.07, 6.45) is 7.85. The maximum absolute atomic E-state index is 13.1. The van der Waals surface area contributed by atoms with E-state index in [4.69, 9.17) is 9.72 Å². The number of nitrogens with one attached hydrogen (secondary N) is 1. The van der Waals surface area contributed by atoms with Crippen LogP contribution in [0.4, 0.5) is 0 Å². The summed E-state index contributed by atoms with van der Waals surface area (Å²) in [5.74, 6) is -0.0179. The molecule has 5 rings (SSSR count). The van der Waals surface area contributed by atoms with Gasteiger partial charge in [-0.2, -0.15) is 0 Å². The van der Waals surface area contributed by atoms with Gasteiger partial charge < -0.3 is 10.1 Å². The Balaban J connectivity index is 1.42. The summed E-state index contributed by atoms with van der Waals surface area (Å²) in [4.78, 5) is 22.1. The SMILES string of the molecule is O=C(NC1CC2(CCOCC2)C1)c1cc(-c2cccnc2)nc2ccccc12. The predicted molar refractivity (Wildman–Crippen MR) is 108 cm³/mol. The van der Waals surface area contributed by atoms with Crippen molar-refractivity contribution < 1.29 is 9.53 Å². The topological polar surface area (TPSA) is 64.1 Å². The van der Waals surface area contributed by atoms with E-state index in [1.165, 1.54) is 0 Å². The van der Waals surface area contributed by atoms with E-state index in [0.717, 1.165) is 61.1 Å². The number of benzene rings is 1. The molecule has 1 saturated heterocycles. The second-order valence-electron chi connectivity index (χ2n) is 8.00. The van der Waals surface area contributed by atoms with Gasteiger partial charge in [-0.15, -0.1) is 0 Å². The molecule has 28 heavy (non-hydrogen) atoms. The van der Waals surface area contributed by atoms with Crippen LogP contribution in [-0.4, -0.2) is 35.1 Å². The largest absolute Gasteiger partial charge is 0.381 e. The lowest BCUT2D eigenvalue weighted by molar-refractivity contribution is -0.0434. The van der Waals surface area contributed by atoms with Crippen LogP contribution in [0, 0.1) is 5.41 Å². The third-order valence-electron chi connectivity index (χ3n) is 6.17. The summed E-state index contributed by atoms with van der Waals surface area (Å²) in [5, 5.41) is 4.13. The number of carbonyl (C=O) groups excluding carboxylic acids is 1. The number of ether oxygens (including phenoxy) is 1. The van der Waals surface area contributed by atoms with Crippen LogP contribution in [0.2, 0.25) is 0 Å². The fraction of sp³-hybridized carbons (Fsp3) is 0.348. The lowest BCUT2D eigenvalue weighted by Gasteiger charge is -2.50. The zero-order valence-corrected chi connectivity index (χ0v) is 15.7. The van der Waals surface area contributed by atoms with E-state index in [2.05, 4.69) is 10.3 Å². The molecule has 0 atom stereocenters. The van der Waals surface area contributed by atoms with Crippen molar-refractivity contribution in [1.29, 1.82) is 0 Å². The van der Waals surface area contributed by atoms with E-state index in [9.17, 15) is 4.79 Å². The molecule has 2 aromatic heterocycles. The lowest BCUT2D eigenvalue weighted by atomic mass is 9.61. The number of aromatic nitrogens is 2. The van der Waals surface area contributed by atoms with E-state index < -0.39 is 0 Å². The smallest absolute Gasteiger partial charge is 0.252 e. The molecule has 3 aromatic rings. The predicted octanol–water partition coefficient (Wildman–Crippen LogP) is 3.99. The van der Waals surface area contributed by atoms with Gasteiger partial charge in [0.1, 0.15) is 0 Å². The molecule has 5 nitrogen and oxygen atoms in total. The highest BCUT2D eigenvalue weighted by molar-refractivity contribution is 6.07. The Labute approximate surface area is 164 Å². The minimum Gasteiger partial charge on any atom is -0.381 e. The molecule has 0 radical (unpaired) electrons. The third-order valence-corrected chi connectivity index (χ3v) is 6.17. The van der Waals surface area contributed by atoms with Gasteiger partial charge in [-0.3, -0.25) is 9.78 Å². The minimum atomic E-state index is -0.0179. The summed E-state index contributed by atoms with van der Waals surface area (Å²) in [5.41, 5.74) is 3.57. The van der Waals surface area contributed by atoms with Crippen molar-refractivity contribution in [2.75, 3.05) is 13.2 Å². The highest BCUT2D eigenvalue weighted by Crippen LogP contribution is 2.48. The third kappa shape index (κ3) is 3.16. The van der Waals surface area contributed by atoms with Crippen LogP contribution in [0.5, 0.6) is 0 Å². The molecular formula is C23H23N3O2. The van der Waals surface area contributed by atoms with Crippen LogP contribution < -0.4 is 5.32 Å². The van der Waals surface area contributed by atoms with Crippen molar-refractivity contribution in [2.45, 2.75) is 31.7 Å². The minimum absolute atomic E-state index is 0.0179. The number of amides is 1. The first-order valence-corrected chi connectivity index (χ1v) is 9.91. The van der Waals surface area contributed by atoms with Crippen molar-refractivity contribution in [3.63, 3.8) is 0 Å². The number of carbonyl (C=O) groups is 1. The Morgan fingerprint density at radius 3 is 2.71 bits per heavy atom. The normalized spacial score (nSPS) is 18.7. The highest BCUT2D eigenvalue weighted by atomic mass is 16.5. The van der Waals surface area contributed by atoms with Crippen molar-refractivity contribution in [3.8, 4) is 11.3 Å². The van der Waals surface area contributed by atoms with Crippen LogP contribution in [-0.2, 0) is 4.74 Å². The molecule has 2 fully saturated rings. The zero-order chi connectivity index (χ0) is 19.0. The van der Waals surface area contributed by atoms with Gasteiger partial charge >= 0.3 is 0 Å². The van der Waals surface area contributed by atoms with Gasteiger partial charge in [0.2, 0.25) is 0 Å². The van der Waals surface area contributed by atoms with Crippen LogP contribution in [0.3, 0.4) is 0 Å². The average Bonchev–Trinajstić information content (AvgIpc) is 2.73. The molecule has 0 bridgehead atoms. The van der Waals surface area contributed by atoms with Crippen molar-refractivity contribution in [1.82, 2.24) is 15.3 Å². The Morgan fingerprint density at radius 2 is 1.93 bits per heavy atom. The zero-order valence-electron chi connectivity index (χ0n) is 15.7. The summed E-state index contributed by atoms with van der Waals surface area (Å²) in [7, 11) is 0. The van der Waals surface area contributed by atoms with Crippen LogP contribution in [0.25, 0.3) is 22.2 Å². The molecule has 2 aliphatic rings. The maximum atomic E-state index is 13.1. The highest BCUT2D eigenvalue weighted by Gasteiger charge is 2.45.